The minimum atomic E-state index is -0.732. The van der Waals surface area contributed by atoms with Gasteiger partial charge in [-0.2, -0.15) is 0 Å². The van der Waals surface area contributed by atoms with E-state index in [4.69, 9.17) is 4.74 Å². The van der Waals surface area contributed by atoms with Gasteiger partial charge in [0.1, 0.15) is 5.75 Å². The molecule has 0 aliphatic rings. The molecule has 2 unspecified atom stereocenters. The third-order valence-electron chi connectivity index (χ3n) is 3.58. The molecule has 1 rings (SSSR count). The molecule has 2 atom stereocenters. The summed E-state index contributed by atoms with van der Waals surface area (Å²) in [6, 6.07) is 10.1. The number of hydrogen-bond acceptors (Lipinski definition) is 1. The number of para-hydroxylation sites is 1. The Kier molecular flexibility index (Phi) is 5.31. The second-order valence-corrected chi connectivity index (χ2v) is 9.52. The predicted octanol–water partition coefficient (Wildman–Crippen LogP) is 4.48. The van der Waals surface area contributed by atoms with E-state index in [2.05, 4.69) is 49.5 Å². The summed E-state index contributed by atoms with van der Waals surface area (Å²) in [7, 11) is -0.732. The van der Waals surface area contributed by atoms with E-state index in [-0.39, 0.29) is 4.11 Å². The first-order chi connectivity index (χ1) is 7.50. The zero-order valence-electron chi connectivity index (χ0n) is 10.5. The van der Waals surface area contributed by atoms with Crippen molar-refractivity contribution in [3.05, 3.63) is 30.3 Å². The standard InChI is InChI=1S/C13H21IOSi/c1-5-13(2,16(3)4)12(14)15-11-9-7-6-8-10-11/h6-10,12,16H,5H2,1-4H3. The van der Waals surface area contributed by atoms with Gasteiger partial charge in [0.15, 0.2) is 4.11 Å². The Balaban J connectivity index is 2.74. The topological polar surface area (TPSA) is 9.23 Å². The highest BCUT2D eigenvalue weighted by atomic mass is 127. The Morgan fingerprint density at radius 3 is 2.31 bits per heavy atom. The van der Waals surface area contributed by atoms with E-state index < -0.39 is 8.80 Å². The Morgan fingerprint density at radius 1 is 1.31 bits per heavy atom. The third kappa shape index (κ3) is 3.23. The third-order valence-corrected chi connectivity index (χ3v) is 9.29. The van der Waals surface area contributed by atoms with Crippen LogP contribution in [-0.2, 0) is 0 Å². The van der Waals surface area contributed by atoms with Gasteiger partial charge in [-0.3, -0.25) is 0 Å². The Hall–Kier alpha value is -0.0331. The van der Waals surface area contributed by atoms with Gasteiger partial charge < -0.3 is 4.74 Å². The van der Waals surface area contributed by atoms with E-state index >= 15 is 0 Å². The van der Waals surface area contributed by atoms with Gasteiger partial charge in [0.25, 0.3) is 0 Å². The maximum atomic E-state index is 6.05. The highest BCUT2D eigenvalue weighted by molar-refractivity contribution is 14.1. The first-order valence-corrected chi connectivity index (χ1v) is 9.99. The summed E-state index contributed by atoms with van der Waals surface area (Å²) in [5.41, 5.74) is 0. The molecule has 0 saturated carbocycles. The minimum Gasteiger partial charge on any atom is -0.480 e. The van der Waals surface area contributed by atoms with Crippen LogP contribution >= 0.6 is 22.6 Å². The van der Waals surface area contributed by atoms with Gasteiger partial charge in [-0.05, 0) is 41.1 Å². The van der Waals surface area contributed by atoms with Crippen LogP contribution in [0.4, 0.5) is 0 Å². The maximum Gasteiger partial charge on any atom is 0.152 e. The molecule has 0 saturated heterocycles. The van der Waals surface area contributed by atoms with Crippen molar-refractivity contribution in [3.63, 3.8) is 0 Å². The van der Waals surface area contributed by atoms with Crippen LogP contribution < -0.4 is 4.74 Å². The van der Waals surface area contributed by atoms with Crippen molar-refractivity contribution in [1.29, 1.82) is 0 Å². The molecular formula is C13H21IOSi. The number of ether oxygens (including phenoxy) is 1. The fourth-order valence-electron chi connectivity index (χ4n) is 1.58. The molecule has 0 fully saturated rings. The summed E-state index contributed by atoms with van der Waals surface area (Å²) in [4.78, 5) is 0. The van der Waals surface area contributed by atoms with Gasteiger partial charge in [0.05, 0.1) is 0 Å². The average molecular weight is 348 g/mol. The predicted molar refractivity (Wildman–Crippen MR) is 82.4 cm³/mol. The van der Waals surface area contributed by atoms with Crippen LogP contribution in [0, 0.1) is 0 Å². The van der Waals surface area contributed by atoms with Crippen LogP contribution in [0.25, 0.3) is 0 Å². The quantitative estimate of drug-likeness (QED) is 0.433. The summed E-state index contributed by atoms with van der Waals surface area (Å²) in [5.74, 6) is 0.983. The van der Waals surface area contributed by atoms with E-state index in [1.165, 1.54) is 6.42 Å². The molecule has 0 aliphatic carbocycles. The molecule has 3 heteroatoms. The second kappa shape index (κ2) is 6.05. The van der Waals surface area contributed by atoms with E-state index in [9.17, 15) is 0 Å². The van der Waals surface area contributed by atoms with Crippen LogP contribution in [-0.4, -0.2) is 12.9 Å². The summed E-state index contributed by atoms with van der Waals surface area (Å²) >= 11 is 2.45. The zero-order valence-corrected chi connectivity index (χ0v) is 13.8. The SMILES string of the molecule is CCC(C)(C(I)Oc1ccccc1)[SiH](C)C. The van der Waals surface area contributed by atoms with E-state index in [0.29, 0.717) is 5.04 Å². The minimum absolute atomic E-state index is 0.268. The number of hydrogen-bond donors (Lipinski definition) is 0. The summed E-state index contributed by atoms with van der Waals surface area (Å²) < 4.78 is 6.32. The van der Waals surface area contributed by atoms with Gasteiger partial charge in [-0.15, -0.1) is 0 Å². The van der Waals surface area contributed by atoms with Gasteiger partial charge in [-0.1, -0.05) is 45.1 Å². The number of benzene rings is 1. The van der Waals surface area contributed by atoms with Crippen molar-refractivity contribution < 1.29 is 4.74 Å². The maximum absolute atomic E-state index is 6.05. The molecule has 90 valence electrons. The molecule has 0 bridgehead atoms. The first kappa shape index (κ1) is 14.0. The fourth-order valence-corrected chi connectivity index (χ4v) is 5.88. The van der Waals surface area contributed by atoms with Crippen molar-refractivity contribution in [2.45, 2.75) is 42.5 Å². The molecule has 0 aliphatic heterocycles. The molecule has 0 N–H and O–H groups in total. The molecule has 1 aromatic carbocycles. The van der Waals surface area contributed by atoms with Gasteiger partial charge in [-0.25, -0.2) is 0 Å². The monoisotopic (exact) mass is 348 g/mol. The zero-order chi connectivity index (χ0) is 12.2. The van der Waals surface area contributed by atoms with Crippen molar-refractivity contribution in [2.75, 3.05) is 0 Å². The molecule has 1 aromatic rings. The number of rotatable bonds is 5. The Labute approximate surface area is 114 Å². The summed E-state index contributed by atoms with van der Waals surface area (Å²) in [6.45, 7) is 9.45. The lowest BCUT2D eigenvalue weighted by Crippen LogP contribution is -2.35. The van der Waals surface area contributed by atoms with Crippen LogP contribution in [0.2, 0.25) is 18.1 Å². The van der Waals surface area contributed by atoms with Crippen LogP contribution in [0.1, 0.15) is 20.3 Å². The molecule has 1 nitrogen and oxygen atoms in total. The molecule has 16 heavy (non-hydrogen) atoms. The Bertz CT molecular complexity index is 315. The molecule has 0 amide bonds. The average Bonchev–Trinajstić information content (AvgIpc) is 2.28. The highest BCUT2D eigenvalue weighted by Crippen LogP contribution is 2.42. The Morgan fingerprint density at radius 2 is 1.88 bits per heavy atom. The highest BCUT2D eigenvalue weighted by Gasteiger charge is 2.36. The van der Waals surface area contributed by atoms with E-state index in [1.54, 1.807) is 0 Å². The van der Waals surface area contributed by atoms with Crippen LogP contribution in [0.3, 0.4) is 0 Å². The van der Waals surface area contributed by atoms with Crippen LogP contribution in [0.5, 0.6) is 5.75 Å². The lowest BCUT2D eigenvalue weighted by Gasteiger charge is -2.36. The smallest absolute Gasteiger partial charge is 0.152 e. The molecular weight excluding hydrogens is 327 g/mol. The van der Waals surface area contributed by atoms with Crippen LogP contribution in [0.15, 0.2) is 30.3 Å². The van der Waals surface area contributed by atoms with Gasteiger partial charge >= 0.3 is 0 Å². The molecule has 0 radical (unpaired) electrons. The van der Waals surface area contributed by atoms with E-state index in [0.717, 1.165) is 5.75 Å². The van der Waals surface area contributed by atoms with E-state index in [1.807, 2.05) is 30.3 Å². The molecule has 0 aromatic heterocycles. The number of halogens is 1. The van der Waals surface area contributed by atoms with Gasteiger partial charge in [0.2, 0.25) is 0 Å². The summed E-state index contributed by atoms with van der Waals surface area (Å²) in [6.07, 6.45) is 1.19. The van der Waals surface area contributed by atoms with Gasteiger partial charge in [0, 0.05) is 13.8 Å². The second-order valence-electron chi connectivity index (χ2n) is 4.76. The lowest BCUT2D eigenvalue weighted by atomic mass is 10.1. The van der Waals surface area contributed by atoms with Crippen molar-refractivity contribution in [1.82, 2.24) is 0 Å². The summed E-state index contributed by atoms with van der Waals surface area (Å²) in [5, 5.41) is 0.358. The number of alkyl halides is 1. The largest absolute Gasteiger partial charge is 0.480 e. The lowest BCUT2D eigenvalue weighted by molar-refractivity contribution is 0.244. The fraction of sp³-hybridized carbons (Fsp3) is 0.538. The van der Waals surface area contributed by atoms with Crippen molar-refractivity contribution in [2.24, 2.45) is 0 Å². The van der Waals surface area contributed by atoms with Crippen molar-refractivity contribution >= 4 is 31.4 Å². The molecule has 0 heterocycles. The van der Waals surface area contributed by atoms with Crippen molar-refractivity contribution in [3.8, 4) is 5.75 Å². The molecule has 0 spiro atoms. The normalized spacial score (nSPS) is 16.9. The first-order valence-electron chi connectivity index (χ1n) is 5.86.